The molecule has 0 spiro atoms. The fourth-order valence-corrected chi connectivity index (χ4v) is 6.38. The molecule has 158 valence electrons. The van der Waals surface area contributed by atoms with E-state index in [1.54, 1.807) is 40.0 Å². The van der Waals surface area contributed by atoms with Crippen molar-refractivity contribution in [1.29, 1.82) is 0 Å². The third-order valence-electron chi connectivity index (χ3n) is 5.04. The predicted molar refractivity (Wildman–Crippen MR) is 112 cm³/mol. The van der Waals surface area contributed by atoms with E-state index in [2.05, 4.69) is 5.32 Å². The fourth-order valence-electron chi connectivity index (χ4n) is 3.54. The summed E-state index contributed by atoms with van der Waals surface area (Å²) >= 11 is 1.24. The number of piperidine rings is 1. The quantitative estimate of drug-likeness (QED) is 0.684. The van der Waals surface area contributed by atoms with Crippen molar-refractivity contribution in [3.8, 4) is 11.5 Å². The molecule has 2 heterocycles. The number of hydrogen-bond acceptors (Lipinski definition) is 6. The Bertz CT molecular complexity index is 928. The van der Waals surface area contributed by atoms with Crippen molar-refractivity contribution in [1.82, 2.24) is 9.62 Å². The predicted octanol–water partition coefficient (Wildman–Crippen LogP) is 3.13. The van der Waals surface area contributed by atoms with Crippen LogP contribution in [-0.2, 0) is 10.0 Å². The van der Waals surface area contributed by atoms with Crippen LogP contribution in [0.1, 0.15) is 36.0 Å². The Balaban J connectivity index is 1.62. The first kappa shape index (κ1) is 21.6. The first-order valence-corrected chi connectivity index (χ1v) is 11.8. The Kier molecular flexibility index (Phi) is 7.15. The van der Waals surface area contributed by atoms with E-state index < -0.39 is 10.0 Å². The molecular formula is C20H26N2O5S2. The molecule has 0 saturated carbocycles. The number of carbonyl (C=O) groups excluding carboxylic acids is 1. The van der Waals surface area contributed by atoms with Gasteiger partial charge in [-0.2, -0.15) is 4.31 Å². The largest absolute Gasteiger partial charge is 0.493 e. The summed E-state index contributed by atoms with van der Waals surface area (Å²) in [5, 5.41) is 4.66. The highest BCUT2D eigenvalue weighted by Crippen LogP contribution is 2.29. The molecule has 1 fully saturated rings. The summed E-state index contributed by atoms with van der Waals surface area (Å²) in [6.45, 7) is 0.919. The fraction of sp³-hybridized carbons (Fsp3) is 0.450. The Labute approximate surface area is 175 Å². The van der Waals surface area contributed by atoms with Gasteiger partial charge in [0.25, 0.3) is 15.9 Å². The summed E-state index contributed by atoms with van der Waals surface area (Å²) in [6, 6.07) is 8.27. The second-order valence-electron chi connectivity index (χ2n) is 6.81. The molecule has 0 bridgehead atoms. The number of benzene rings is 1. The first-order valence-electron chi connectivity index (χ1n) is 9.53. The molecule has 1 aromatic heterocycles. The van der Waals surface area contributed by atoms with E-state index in [9.17, 15) is 13.2 Å². The van der Waals surface area contributed by atoms with Gasteiger partial charge in [-0.15, -0.1) is 11.3 Å². The minimum absolute atomic E-state index is 0.110. The van der Waals surface area contributed by atoms with Crippen molar-refractivity contribution < 1.29 is 22.7 Å². The van der Waals surface area contributed by atoms with Gasteiger partial charge in [0.15, 0.2) is 11.5 Å². The molecule has 0 aliphatic carbocycles. The molecule has 1 unspecified atom stereocenters. The van der Waals surface area contributed by atoms with Gasteiger partial charge in [0.2, 0.25) is 0 Å². The highest BCUT2D eigenvalue weighted by molar-refractivity contribution is 7.91. The lowest BCUT2D eigenvalue weighted by atomic mass is 10.0. The van der Waals surface area contributed by atoms with E-state index in [1.165, 1.54) is 25.6 Å². The molecule has 1 saturated heterocycles. The maximum Gasteiger partial charge on any atom is 0.252 e. The van der Waals surface area contributed by atoms with Crippen molar-refractivity contribution in [3.05, 3.63) is 41.3 Å². The lowest BCUT2D eigenvalue weighted by Crippen LogP contribution is -2.44. The number of nitrogens with one attached hydrogen (secondary N) is 1. The van der Waals surface area contributed by atoms with Crippen LogP contribution < -0.4 is 14.8 Å². The second kappa shape index (κ2) is 9.60. The van der Waals surface area contributed by atoms with Gasteiger partial charge in [-0.1, -0.05) is 12.5 Å². The monoisotopic (exact) mass is 438 g/mol. The smallest absolute Gasteiger partial charge is 0.252 e. The molecule has 7 nitrogen and oxygen atoms in total. The highest BCUT2D eigenvalue weighted by atomic mass is 32.2. The molecule has 1 aliphatic rings. The lowest BCUT2D eigenvalue weighted by molar-refractivity contribution is 0.0949. The van der Waals surface area contributed by atoms with Gasteiger partial charge < -0.3 is 14.8 Å². The van der Waals surface area contributed by atoms with Crippen LogP contribution in [0.3, 0.4) is 0 Å². The summed E-state index contributed by atoms with van der Waals surface area (Å²) in [7, 11) is -0.420. The third-order valence-corrected chi connectivity index (χ3v) is 8.36. The molecule has 3 rings (SSSR count). The summed E-state index contributed by atoms with van der Waals surface area (Å²) < 4.78 is 38.3. The Morgan fingerprint density at radius 1 is 1.21 bits per heavy atom. The van der Waals surface area contributed by atoms with Gasteiger partial charge in [0, 0.05) is 24.7 Å². The number of thiophene rings is 1. The van der Waals surface area contributed by atoms with Crippen molar-refractivity contribution in [2.45, 2.75) is 35.9 Å². The molecule has 1 aromatic carbocycles. The van der Waals surface area contributed by atoms with Crippen molar-refractivity contribution in [3.63, 3.8) is 0 Å². The van der Waals surface area contributed by atoms with Crippen LogP contribution in [0.2, 0.25) is 0 Å². The van der Waals surface area contributed by atoms with Gasteiger partial charge in [0.05, 0.1) is 14.2 Å². The van der Waals surface area contributed by atoms with Crippen LogP contribution in [0.5, 0.6) is 11.5 Å². The minimum atomic E-state index is -3.48. The third kappa shape index (κ3) is 4.91. The van der Waals surface area contributed by atoms with Crippen LogP contribution in [0.4, 0.5) is 0 Å². The molecule has 1 amide bonds. The number of sulfonamides is 1. The Morgan fingerprint density at radius 2 is 2.00 bits per heavy atom. The maximum absolute atomic E-state index is 12.9. The molecule has 1 N–H and O–H groups in total. The van der Waals surface area contributed by atoms with Crippen LogP contribution in [0.25, 0.3) is 0 Å². The zero-order valence-electron chi connectivity index (χ0n) is 16.6. The SMILES string of the molecule is COc1ccc(C(=O)NCCC2CCCCN2S(=O)(=O)c2cccs2)cc1OC. The standard InChI is InChI=1S/C20H26N2O5S2/c1-26-17-9-8-15(14-18(17)27-2)20(23)21-11-10-16-6-3-4-12-22(16)29(24,25)19-7-5-13-28-19/h5,7-9,13-14,16H,3-4,6,10-12H2,1-2H3,(H,21,23). The highest BCUT2D eigenvalue weighted by Gasteiger charge is 2.33. The van der Waals surface area contributed by atoms with Gasteiger partial charge in [-0.05, 0) is 48.9 Å². The summed E-state index contributed by atoms with van der Waals surface area (Å²) in [5.41, 5.74) is 0.467. The van der Waals surface area contributed by atoms with E-state index in [0.29, 0.717) is 40.8 Å². The number of methoxy groups -OCH3 is 2. The van der Waals surface area contributed by atoms with E-state index in [1.807, 2.05) is 0 Å². The molecule has 9 heteroatoms. The molecular weight excluding hydrogens is 412 g/mol. The second-order valence-corrected chi connectivity index (χ2v) is 9.88. The minimum Gasteiger partial charge on any atom is -0.493 e. The number of amides is 1. The molecule has 2 aromatic rings. The van der Waals surface area contributed by atoms with E-state index in [-0.39, 0.29) is 11.9 Å². The van der Waals surface area contributed by atoms with Gasteiger partial charge in [-0.25, -0.2) is 8.42 Å². The zero-order chi connectivity index (χ0) is 20.9. The number of rotatable bonds is 8. The molecule has 29 heavy (non-hydrogen) atoms. The lowest BCUT2D eigenvalue weighted by Gasteiger charge is -2.34. The summed E-state index contributed by atoms with van der Waals surface area (Å²) in [4.78, 5) is 12.5. The maximum atomic E-state index is 12.9. The Hall–Kier alpha value is -2.10. The first-order chi connectivity index (χ1) is 14.0. The van der Waals surface area contributed by atoms with Crippen molar-refractivity contribution in [2.75, 3.05) is 27.3 Å². The van der Waals surface area contributed by atoms with Crippen LogP contribution in [-0.4, -0.2) is 52.0 Å². The van der Waals surface area contributed by atoms with Gasteiger partial charge >= 0.3 is 0 Å². The number of ether oxygens (including phenoxy) is 2. The van der Waals surface area contributed by atoms with Crippen LogP contribution >= 0.6 is 11.3 Å². The number of carbonyl (C=O) groups is 1. The molecule has 1 aliphatic heterocycles. The molecule has 0 radical (unpaired) electrons. The summed E-state index contributed by atoms with van der Waals surface area (Å²) in [5.74, 6) is 0.816. The topological polar surface area (TPSA) is 84.9 Å². The van der Waals surface area contributed by atoms with Crippen molar-refractivity contribution in [2.24, 2.45) is 0 Å². The van der Waals surface area contributed by atoms with E-state index in [4.69, 9.17) is 9.47 Å². The zero-order valence-corrected chi connectivity index (χ0v) is 18.2. The van der Waals surface area contributed by atoms with Gasteiger partial charge in [-0.3, -0.25) is 4.79 Å². The Morgan fingerprint density at radius 3 is 2.69 bits per heavy atom. The molecule has 1 atom stereocenters. The average molecular weight is 439 g/mol. The van der Waals surface area contributed by atoms with Crippen LogP contribution in [0.15, 0.2) is 39.9 Å². The van der Waals surface area contributed by atoms with E-state index in [0.717, 1.165) is 19.3 Å². The number of nitrogens with zero attached hydrogens (tertiary/aromatic N) is 1. The summed E-state index contributed by atoms with van der Waals surface area (Å²) in [6.07, 6.45) is 3.23. The van der Waals surface area contributed by atoms with Crippen LogP contribution in [0, 0.1) is 0 Å². The van der Waals surface area contributed by atoms with Crippen molar-refractivity contribution >= 4 is 27.3 Å². The number of hydrogen-bond donors (Lipinski definition) is 1. The average Bonchev–Trinajstić information content (AvgIpc) is 3.29. The van der Waals surface area contributed by atoms with Gasteiger partial charge in [0.1, 0.15) is 4.21 Å². The normalized spacial score (nSPS) is 17.7. The van der Waals surface area contributed by atoms with E-state index >= 15 is 0 Å².